The second kappa shape index (κ2) is 7.76. The van der Waals surface area contributed by atoms with Gasteiger partial charge in [-0.1, -0.05) is 17.7 Å². The maximum absolute atomic E-state index is 12.0. The monoisotopic (exact) mass is 436 g/mol. The molecule has 2 aromatic rings. The molecule has 0 spiro atoms. The van der Waals surface area contributed by atoms with E-state index < -0.39 is 10.0 Å². The molecule has 0 aliphatic carbocycles. The second-order valence-electron chi connectivity index (χ2n) is 4.72. The van der Waals surface area contributed by atoms with Crippen molar-refractivity contribution in [2.24, 2.45) is 0 Å². The Kier molecular flexibility index (Phi) is 6.21. The fourth-order valence-corrected chi connectivity index (χ4v) is 4.97. The molecule has 5 nitrogen and oxygen atoms in total. The first-order chi connectivity index (χ1) is 10.8. The average molecular weight is 438 g/mol. The molecule has 124 valence electrons. The summed E-state index contributed by atoms with van der Waals surface area (Å²) in [5.41, 5.74) is 1.50. The van der Waals surface area contributed by atoms with E-state index in [1.165, 1.54) is 6.07 Å². The van der Waals surface area contributed by atoms with Crippen LogP contribution in [-0.4, -0.2) is 20.9 Å². The minimum atomic E-state index is -3.58. The zero-order chi connectivity index (χ0) is 17.0. The molecule has 1 heterocycles. The van der Waals surface area contributed by atoms with Crippen LogP contribution in [0.2, 0.25) is 5.02 Å². The lowest BCUT2D eigenvalue weighted by Gasteiger charge is -2.07. The van der Waals surface area contributed by atoms with Crippen molar-refractivity contribution >= 4 is 60.5 Å². The van der Waals surface area contributed by atoms with Crippen LogP contribution < -0.4 is 10.0 Å². The van der Waals surface area contributed by atoms with E-state index in [4.69, 9.17) is 11.6 Å². The summed E-state index contributed by atoms with van der Waals surface area (Å²) in [7, 11) is -3.58. The largest absolute Gasteiger partial charge is 0.326 e. The van der Waals surface area contributed by atoms with Crippen molar-refractivity contribution in [2.75, 3.05) is 11.9 Å². The second-order valence-corrected chi connectivity index (χ2v) is 9.58. The van der Waals surface area contributed by atoms with Gasteiger partial charge < -0.3 is 5.32 Å². The number of amides is 1. The normalized spacial score (nSPS) is 11.4. The summed E-state index contributed by atoms with van der Waals surface area (Å²) in [6, 6.07) is 8.36. The summed E-state index contributed by atoms with van der Waals surface area (Å²) in [5.74, 6) is -0.292. The molecule has 0 fully saturated rings. The van der Waals surface area contributed by atoms with Gasteiger partial charge in [0.2, 0.25) is 15.9 Å². The third-order valence-corrected chi connectivity index (χ3v) is 6.90. The number of hydrogen-bond acceptors (Lipinski definition) is 4. The van der Waals surface area contributed by atoms with Gasteiger partial charge in [-0.25, -0.2) is 13.1 Å². The summed E-state index contributed by atoms with van der Waals surface area (Å²) >= 11 is 10.3. The molecule has 2 rings (SSSR count). The van der Waals surface area contributed by atoms with Crippen LogP contribution in [0.1, 0.15) is 12.0 Å². The summed E-state index contributed by atoms with van der Waals surface area (Å²) in [6.07, 6.45) is 0.0251. The highest BCUT2D eigenvalue weighted by atomic mass is 79.9. The fraction of sp³-hybridized carbons (Fsp3) is 0.214. The number of rotatable bonds is 6. The number of halogens is 2. The maximum Gasteiger partial charge on any atom is 0.250 e. The lowest BCUT2D eigenvalue weighted by Crippen LogP contribution is -2.27. The molecule has 0 bridgehead atoms. The Morgan fingerprint density at radius 2 is 2.04 bits per heavy atom. The van der Waals surface area contributed by atoms with Gasteiger partial charge in [-0.15, -0.1) is 11.3 Å². The molecule has 1 aromatic heterocycles. The zero-order valence-electron chi connectivity index (χ0n) is 12.1. The van der Waals surface area contributed by atoms with E-state index in [2.05, 4.69) is 26.0 Å². The molecule has 1 aromatic carbocycles. The number of sulfonamides is 1. The number of benzene rings is 1. The van der Waals surface area contributed by atoms with Crippen molar-refractivity contribution in [3.8, 4) is 0 Å². The van der Waals surface area contributed by atoms with Gasteiger partial charge in [0.25, 0.3) is 0 Å². The van der Waals surface area contributed by atoms with E-state index in [0.29, 0.717) is 10.7 Å². The molecule has 9 heteroatoms. The van der Waals surface area contributed by atoms with Gasteiger partial charge >= 0.3 is 0 Å². The molecule has 0 aliphatic heterocycles. The molecule has 0 saturated heterocycles. The maximum atomic E-state index is 12.0. The Morgan fingerprint density at radius 1 is 1.30 bits per heavy atom. The Morgan fingerprint density at radius 3 is 2.65 bits per heavy atom. The lowest BCUT2D eigenvalue weighted by atomic mass is 10.2. The topological polar surface area (TPSA) is 75.3 Å². The molecule has 0 atom stereocenters. The van der Waals surface area contributed by atoms with Gasteiger partial charge in [0.1, 0.15) is 4.21 Å². The van der Waals surface area contributed by atoms with Crippen molar-refractivity contribution < 1.29 is 13.2 Å². The van der Waals surface area contributed by atoms with Crippen LogP contribution in [0.3, 0.4) is 0 Å². The number of carbonyl (C=O) groups excluding carboxylic acids is 1. The highest BCUT2D eigenvalue weighted by Gasteiger charge is 2.16. The number of aryl methyl sites for hydroxylation is 1. The van der Waals surface area contributed by atoms with Crippen LogP contribution in [0.15, 0.2) is 38.3 Å². The molecule has 0 radical (unpaired) electrons. The first-order valence-electron chi connectivity index (χ1n) is 6.59. The minimum absolute atomic E-state index is 0.0171. The Balaban J connectivity index is 1.86. The van der Waals surface area contributed by atoms with Gasteiger partial charge in [0.05, 0.1) is 3.79 Å². The zero-order valence-corrected chi connectivity index (χ0v) is 16.1. The van der Waals surface area contributed by atoms with Crippen LogP contribution in [0.25, 0.3) is 0 Å². The Hall–Kier alpha value is -0.930. The molecule has 1 amide bonds. The smallest absolute Gasteiger partial charge is 0.250 e. The lowest BCUT2D eigenvalue weighted by molar-refractivity contribution is -0.116. The van der Waals surface area contributed by atoms with Crippen LogP contribution in [0.5, 0.6) is 0 Å². The van der Waals surface area contributed by atoms with Gasteiger partial charge in [-0.2, -0.15) is 0 Å². The summed E-state index contributed by atoms with van der Waals surface area (Å²) in [4.78, 5) is 11.8. The van der Waals surface area contributed by atoms with Gasteiger partial charge in [0, 0.05) is 23.7 Å². The molecule has 0 aliphatic rings. The van der Waals surface area contributed by atoms with Gasteiger partial charge in [0.15, 0.2) is 0 Å². The quantitative estimate of drug-likeness (QED) is 0.722. The van der Waals surface area contributed by atoms with Crippen molar-refractivity contribution in [1.82, 2.24) is 4.72 Å². The number of nitrogens with one attached hydrogen (secondary N) is 2. The highest BCUT2D eigenvalue weighted by Crippen LogP contribution is 2.25. The highest BCUT2D eigenvalue weighted by molar-refractivity contribution is 9.11. The van der Waals surface area contributed by atoms with E-state index in [9.17, 15) is 13.2 Å². The van der Waals surface area contributed by atoms with Crippen LogP contribution in [-0.2, 0) is 14.8 Å². The van der Waals surface area contributed by atoms with Crippen LogP contribution in [0.4, 0.5) is 5.69 Å². The first-order valence-corrected chi connectivity index (χ1v) is 10.1. The predicted molar refractivity (Wildman–Crippen MR) is 96.6 cm³/mol. The summed E-state index contributed by atoms with van der Waals surface area (Å²) < 4.78 is 27.3. The molecular weight excluding hydrogens is 424 g/mol. The summed E-state index contributed by atoms with van der Waals surface area (Å²) in [5, 5.41) is 3.24. The Bertz CT molecular complexity index is 821. The average Bonchev–Trinajstić information content (AvgIpc) is 2.90. The molecular formula is C14H14BrClN2O3S2. The van der Waals surface area contributed by atoms with E-state index in [0.717, 1.165) is 20.7 Å². The van der Waals surface area contributed by atoms with Crippen molar-refractivity contribution in [2.45, 2.75) is 17.6 Å². The predicted octanol–water partition coefficient (Wildman–Crippen LogP) is 3.78. The molecule has 2 N–H and O–H groups in total. The number of carbonyl (C=O) groups is 1. The van der Waals surface area contributed by atoms with Crippen molar-refractivity contribution in [3.05, 3.63) is 44.7 Å². The van der Waals surface area contributed by atoms with Gasteiger partial charge in [-0.3, -0.25) is 4.79 Å². The SMILES string of the molecule is Cc1ccc(NC(=O)CCNS(=O)(=O)c2ccc(Br)s2)cc1Cl. The molecule has 0 unspecified atom stereocenters. The number of hydrogen-bond donors (Lipinski definition) is 2. The summed E-state index contributed by atoms with van der Waals surface area (Å²) in [6.45, 7) is 1.88. The number of thiophene rings is 1. The van der Waals surface area contributed by atoms with Crippen LogP contribution >= 0.6 is 38.9 Å². The van der Waals surface area contributed by atoms with Crippen molar-refractivity contribution in [1.29, 1.82) is 0 Å². The third kappa shape index (κ3) is 5.29. The standard InChI is InChI=1S/C14H14BrClN2O3S2/c1-9-2-3-10(8-11(9)16)18-13(19)6-7-17-23(20,21)14-5-4-12(15)22-14/h2-5,8,17H,6-7H2,1H3,(H,18,19). The van der Waals surface area contributed by atoms with E-state index in [-0.39, 0.29) is 23.1 Å². The van der Waals surface area contributed by atoms with Gasteiger partial charge in [-0.05, 0) is 52.7 Å². The third-order valence-electron chi connectivity index (χ3n) is 2.91. The van der Waals surface area contributed by atoms with E-state index >= 15 is 0 Å². The van der Waals surface area contributed by atoms with E-state index in [1.54, 1.807) is 24.3 Å². The fourth-order valence-electron chi connectivity index (χ4n) is 1.71. The molecule has 23 heavy (non-hydrogen) atoms. The first kappa shape index (κ1) is 18.4. The Labute approximate surface area is 152 Å². The van der Waals surface area contributed by atoms with Crippen LogP contribution in [0, 0.1) is 6.92 Å². The molecule has 0 saturated carbocycles. The van der Waals surface area contributed by atoms with E-state index in [1.807, 2.05) is 6.92 Å². The number of anilines is 1. The minimum Gasteiger partial charge on any atom is -0.326 e. The van der Waals surface area contributed by atoms with Crippen molar-refractivity contribution in [3.63, 3.8) is 0 Å².